The maximum Gasteiger partial charge on any atom is 0.312 e. The van der Waals surface area contributed by atoms with E-state index in [9.17, 15) is 14.9 Å². The molecule has 2 heterocycles. The first-order valence-corrected chi connectivity index (χ1v) is 8.17. The molecule has 0 radical (unpaired) electrons. The van der Waals surface area contributed by atoms with Crippen molar-refractivity contribution < 1.29 is 18.9 Å². The van der Waals surface area contributed by atoms with Crippen LogP contribution in [0.15, 0.2) is 53.1 Å². The fourth-order valence-corrected chi connectivity index (χ4v) is 2.49. The Bertz CT molecular complexity index is 1020. The standard InChI is InChI=1S/C18H14ClN3O5/c1-21-15(8-9-20-21)17(23)6-5-13-3-4-14(27-13)11-26-18-7-2-12(19)10-16(18)22(24)25/h2-10H,11H2,1H3. The number of halogens is 1. The van der Waals surface area contributed by atoms with Crippen LogP contribution < -0.4 is 4.74 Å². The van der Waals surface area contributed by atoms with Gasteiger partial charge in [-0.15, -0.1) is 0 Å². The molecule has 0 aliphatic rings. The van der Waals surface area contributed by atoms with E-state index >= 15 is 0 Å². The van der Waals surface area contributed by atoms with E-state index in [2.05, 4.69) is 5.10 Å². The Morgan fingerprint density at radius 2 is 2.19 bits per heavy atom. The molecule has 138 valence electrons. The van der Waals surface area contributed by atoms with Gasteiger partial charge in [0.2, 0.25) is 5.78 Å². The van der Waals surface area contributed by atoms with Gasteiger partial charge in [-0.05, 0) is 42.5 Å². The second-order valence-corrected chi connectivity index (χ2v) is 5.94. The number of furan rings is 1. The average molecular weight is 388 g/mol. The van der Waals surface area contributed by atoms with E-state index in [0.29, 0.717) is 17.2 Å². The first kappa shape index (κ1) is 18.4. The van der Waals surface area contributed by atoms with E-state index in [4.69, 9.17) is 20.8 Å². The zero-order chi connectivity index (χ0) is 19.4. The third-order valence-electron chi connectivity index (χ3n) is 3.64. The molecule has 3 rings (SSSR count). The third kappa shape index (κ3) is 4.42. The molecule has 0 spiro atoms. The van der Waals surface area contributed by atoms with E-state index in [1.165, 1.54) is 35.0 Å². The molecule has 0 atom stereocenters. The summed E-state index contributed by atoms with van der Waals surface area (Å²) in [6.45, 7) is -0.00795. The first-order chi connectivity index (χ1) is 12.9. The fourth-order valence-electron chi connectivity index (χ4n) is 2.32. The summed E-state index contributed by atoms with van der Waals surface area (Å²) < 4.78 is 12.5. The topological polar surface area (TPSA) is 100 Å². The summed E-state index contributed by atoms with van der Waals surface area (Å²) in [5, 5.41) is 15.2. The highest BCUT2D eigenvalue weighted by atomic mass is 35.5. The van der Waals surface area contributed by atoms with Crippen LogP contribution in [0.4, 0.5) is 5.69 Å². The molecule has 0 aliphatic heterocycles. The SMILES string of the molecule is Cn1nccc1C(=O)C=Cc1ccc(COc2ccc(Cl)cc2[N+](=O)[O-])o1. The Labute approximate surface area is 158 Å². The number of carbonyl (C=O) groups is 1. The molecule has 9 heteroatoms. The number of nitro groups is 1. The van der Waals surface area contributed by atoms with Crippen LogP contribution in [0.25, 0.3) is 6.08 Å². The van der Waals surface area contributed by atoms with Gasteiger partial charge < -0.3 is 9.15 Å². The highest BCUT2D eigenvalue weighted by Gasteiger charge is 2.16. The summed E-state index contributed by atoms with van der Waals surface area (Å²) in [4.78, 5) is 22.5. The molecule has 0 fully saturated rings. The van der Waals surface area contributed by atoms with Crippen molar-refractivity contribution >= 4 is 29.1 Å². The Balaban J connectivity index is 1.65. The normalized spacial score (nSPS) is 11.0. The van der Waals surface area contributed by atoms with Crippen molar-refractivity contribution in [1.82, 2.24) is 9.78 Å². The van der Waals surface area contributed by atoms with Gasteiger partial charge in [0.25, 0.3) is 0 Å². The van der Waals surface area contributed by atoms with Crippen LogP contribution in [0.3, 0.4) is 0 Å². The Morgan fingerprint density at radius 3 is 2.89 bits per heavy atom. The Morgan fingerprint density at radius 1 is 1.37 bits per heavy atom. The molecule has 0 aliphatic carbocycles. The summed E-state index contributed by atoms with van der Waals surface area (Å²) in [6.07, 6.45) is 4.45. The lowest BCUT2D eigenvalue weighted by atomic mass is 10.2. The molecule has 2 aromatic heterocycles. The number of nitro benzene ring substituents is 1. The number of ether oxygens (including phenoxy) is 1. The van der Waals surface area contributed by atoms with Crippen LogP contribution in [0.5, 0.6) is 5.75 Å². The summed E-state index contributed by atoms with van der Waals surface area (Å²) in [5.74, 6) is 0.784. The van der Waals surface area contributed by atoms with Crippen molar-refractivity contribution in [3.05, 3.63) is 81.0 Å². The summed E-state index contributed by atoms with van der Waals surface area (Å²) in [5.41, 5.74) is 0.229. The van der Waals surface area contributed by atoms with Gasteiger partial charge in [-0.3, -0.25) is 19.6 Å². The highest BCUT2D eigenvalue weighted by molar-refractivity contribution is 6.30. The van der Waals surface area contributed by atoms with Gasteiger partial charge in [0.05, 0.1) is 4.92 Å². The quantitative estimate of drug-likeness (QED) is 0.262. The largest absolute Gasteiger partial charge is 0.479 e. The zero-order valence-corrected chi connectivity index (χ0v) is 14.9. The Hall–Kier alpha value is -3.39. The second kappa shape index (κ2) is 7.88. The van der Waals surface area contributed by atoms with Crippen LogP contribution in [-0.2, 0) is 13.7 Å². The van der Waals surface area contributed by atoms with Gasteiger partial charge in [-0.25, -0.2) is 0 Å². The lowest BCUT2D eigenvalue weighted by Gasteiger charge is -2.05. The van der Waals surface area contributed by atoms with Crippen LogP contribution in [0.1, 0.15) is 22.0 Å². The predicted octanol–water partition coefficient (Wildman–Crippen LogP) is 4.05. The van der Waals surface area contributed by atoms with Crippen molar-refractivity contribution in [2.24, 2.45) is 7.05 Å². The van der Waals surface area contributed by atoms with E-state index in [0.717, 1.165) is 0 Å². The molecule has 0 saturated carbocycles. The van der Waals surface area contributed by atoms with Gasteiger partial charge in [-0.1, -0.05) is 11.6 Å². The number of nitrogens with zero attached hydrogens (tertiary/aromatic N) is 3. The number of rotatable bonds is 7. The van der Waals surface area contributed by atoms with Crippen molar-refractivity contribution in [3.8, 4) is 5.75 Å². The lowest BCUT2D eigenvalue weighted by molar-refractivity contribution is -0.385. The van der Waals surface area contributed by atoms with Gasteiger partial charge in [0, 0.05) is 24.3 Å². The van der Waals surface area contributed by atoms with E-state index in [1.54, 1.807) is 31.4 Å². The van der Waals surface area contributed by atoms with Gasteiger partial charge in [0.15, 0.2) is 5.75 Å². The van der Waals surface area contributed by atoms with E-state index < -0.39 is 4.92 Å². The summed E-state index contributed by atoms with van der Waals surface area (Å²) in [6, 6.07) is 9.10. The van der Waals surface area contributed by atoms with Crippen molar-refractivity contribution in [2.75, 3.05) is 0 Å². The number of aryl methyl sites for hydroxylation is 1. The molecule has 27 heavy (non-hydrogen) atoms. The van der Waals surface area contributed by atoms with Crippen LogP contribution >= 0.6 is 11.6 Å². The van der Waals surface area contributed by atoms with Gasteiger partial charge in [-0.2, -0.15) is 5.10 Å². The summed E-state index contributed by atoms with van der Waals surface area (Å²) in [7, 11) is 1.68. The number of benzene rings is 1. The Kier molecular flexibility index (Phi) is 5.37. The molecule has 0 unspecified atom stereocenters. The lowest BCUT2D eigenvalue weighted by Crippen LogP contribution is -2.03. The zero-order valence-electron chi connectivity index (χ0n) is 14.2. The second-order valence-electron chi connectivity index (χ2n) is 5.50. The van der Waals surface area contributed by atoms with Crippen molar-refractivity contribution in [3.63, 3.8) is 0 Å². The molecular formula is C18H14ClN3O5. The van der Waals surface area contributed by atoms with Crippen molar-refractivity contribution in [1.29, 1.82) is 0 Å². The monoisotopic (exact) mass is 387 g/mol. The summed E-state index contributed by atoms with van der Waals surface area (Å²) >= 11 is 5.77. The minimum absolute atomic E-state index is 0.00795. The molecule has 0 amide bonds. The maximum atomic E-state index is 12.1. The van der Waals surface area contributed by atoms with Gasteiger partial charge in [0.1, 0.15) is 23.8 Å². The number of hydrogen-bond donors (Lipinski definition) is 0. The fraction of sp³-hybridized carbons (Fsp3) is 0.111. The van der Waals surface area contributed by atoms with Gasteiger partial charge >= 0.3 is 5.69 Å². The molecular weight excluding hydrogens is 374 g/mol. The van der Waals surface area contributed by atoms with Crippen LogP contribution in [-0.4, -0.2) is 20.5 Å². The minimum atomic E-state index is -0.568. The third-order valence-corrected chi connectivity index (χ3v) is 3.88. The number of hydrogen-bond acceptors (Lipinski definition) is 6. The molecule has 3 aromatic rings. The average Bonchev–Trinajstić information content (AvgIpc) is 3.27. The van der Waals surface area contributed by atoms with Crippen molar-refractivity contribution in [2.45, 2.75) is 6.61 Å². The van der Waals surface area contributed by atoms with Crippen LogP contribution in [0, 0.1) is 10.1 Å². The minimum Gasteiger partial charge on any atom is -0.479 e. The number of allylic oxidation sites excluding steroid dienone is 1. The molecule has 0 saturated heterocycles. The predicted molar refractivity (Wildman–Crippen MR) is 97.7 cm³/mol. The molecule has 8 nitrogen and oxygen atoms in total. The smallest absolute Gasteiger partial charge is 0.312 e. The maximum absolute atomic E-state index is 12.1. The highest BCUT2D eigenvalue weighted by Crippen LogP contribution is 2.30. The molecule has 0 bridgehead atoms. The van der Waals surface area contributed by atoms with E-state index in [-0.39, 0.29) is 28.8 Å². The van der Waals surface area contributed by atoms with E-state index in [1.807, 2.05) is 0 Å². The molecule has 0 N–H and O–H groups in total. The number of ketones is 1. The number of aromatic nitrogens is 2. The molecule has 1 aromatic carbocycles. The first-order valence-electron chi connectivity index (χ1n) is 7.80. The van der Waals surface area contributed by atoms with Crippen LogP contribution in [0.2, 0.25) is 5.02 Å². The number of carbonyl (C=O) groups excluding carboxylic acids is 1.